The summed E-state index contributed by atoms with van der Waals surface area (Å²) in [6, 6.07) is 18.9. The van der Waals surface area contributed by atoms with Crippen molar-refractivity contribution in [2.75, 3.05) is 23.7 Å². The lowest BCUT2D eigenvalue weighted by Gasteiger charge is -2.30. The van der Waals surface area contributed by atoms with Crippen LogP contribution in [0.25, 0.3) is 17.4 Å². The molecule has 2 aromatic rings. The number of non-ortho nitro benzene ring substituents is 1. The number of nitro groups is 1. The zero-order valence-electron chi connectivity index (χ0n) is 31.6. The van der Waals surface area contributed by atoms with Gasteiger partial charge in [-0.25, -0.2) is 21.4 Å². The number of hydrogen-bond acceptors (Lipinski definition) is 10. The monoisotopic (exact) mass is 788 g/mol. The minimum Gasteiger partial charge on any atom is -0.748 e. The van der Waals surface area contributed by atoms with Gasteiger partial charge in [-0.1, -0.05) is 51.5 Å². The Morgan fingerprint density at radius 2 is 1.65 bits per heavy atom. The van der Waals surface area contributed by atoms with Gasteiger partial charge in [0.2, 0.25) is 5.36 Å². The molecule has 0 fully saturated rings. The van der Waals surface area contributed by atoms with Gasteiger partial charge >= 0.3 is 0 Å². The van der Waals surface area contributed by atoms with Crippen LogP contribution in [-0.2, 0) is 32.2 Å². The SMILES string of the molecule is CCCC1(C)\C(=C/C=C/C=C/c2cc(C(C)C)oc3cc(=[N+](CC)Cc4ccc([N+](=O)[O-])cc4)ccc2-3)N(CCCS(=O)(=O)[O-])c2ccc(S(=O)(=O)[O-])cc21. The van der Waals surface area contributed by atoms with Gasteiger partial charge in [0, 0.05) is 64.3 Å². The Labute approximate surface area is 322 Å². The van der Waals surface area contributed by atoms with Crippen LogP contribution in [0.5, 0.6) is 0 Å². The van der Waals surface area contributed by atoms with Crippen LogP contribution >= 0.6 is 0 Å². The molecule has 14 heteroatoms. The van der Waals surface area contributed by atoms with Crippen LogP contribution in [0, 0.1) is 10.1 Å². The first-order valence-corrected chi connectivity index (χ1v) is 21.2. The number of nitrogens with zero attached hydrogens (tertiary/aromatic N) is 3. The number of hydrogen-bond donors (Lipinski definition) is 0. The van der Waals surface area contributed by atoms with Gasteiger partial charge in [0.05, 0.1) is 26.0 Å². The lowest BCUT2D eigenvalue weighted by atomic mass is 9.77. The molecule has 0 saturated heterocycles. The Hall–Kier alpha value is -4.89. The molecule has 0 aromatic heterocycles. The van der Waals surface area contributed by atoms with Crippen molar-refractivity contribution in [1.82, 2.24) is 4.58 Å². The van der Waals surface area contributed by atoms with Crippen molar-refractivity contribution in [3.8, 4) is 11.3 Å². The van der Waals surface area contributed by atoms with Crippen LogP contribution in [0.3, 0.4) is 0 Å². The van der Waals surface area contributed by atoms with E-state index in [0.29, 0.717) is 36.5 Å². The second-order valence-electron chi connectivity index (χ2n) is 14.2. The highest BCUT2D eigenvalue weighted by Crippen LogP contribution is 2.51. The molecule has 0 amide bonds. The van der Waals surface area contributed by atoms with E-state index in [2.05, 4.69) is 18.4 Å². The summed E-state index contributed by atoms with van der Waals surface area (Å²) in [4.78, 5) is 12.3. The highest BCUT2D eigenvalue weighted by molar-refractivity contribution is 7.86. The van der Waals surface area contributed by atoms with E-state index in [4.69, 9.17) is 4.42 Å². The Morgan fingerprint density at radius 3 is 2.27 bits per heavy atom. The van der Waals surface area contributed by atoms with Crippen LogP contribution in [-0.4, -0.2) is 49.7 Å². The van der Waals surface area contributed by atoms with Crippen molar-refractivity contribution in [3.63, 3.8) is 0 Å². The van der Waals surface area contributed by atoms with Gasteiger partial charge in [-0.05, 0) is 86.4 Å². The topological polar surface area (TPSA) is 177 Å². The van der Waals surface area contributed by atoms with Crippen molar-refractivity contribution in [1.29, 1.82) is 0 Å². The van der Waals surface area contributed by atoms with Gasteiger partial charge in [0.1, 0.15) is 28.2 Å². The molecule has 2 heterocycles. The Morgan fingerprint density at radius 1 is 0.927 bits per heavy atom. The summed E-state index contributed by atoms with van der Waals surface area (Å²) in [5, 5.41) is 12.1. The zero-order chi connectivity index (χ0) is 40.1. The number of rotatable bonds is 15. The average Bonchev–Trinajstić information content (AvgIpc) is 3.35. The van der Waals surface area contributed by atoms with E-state index in [0.717, 1.165) is 39.9 Å². The van der Waals surface area contributed by atoms with E-state index in [1.807, 2.05) is 80.3 Å². The van der Waals surface area contributed by atoms with Crippen LogP contribution in [0.1, 0.15) is 82.2 Å². The van der Waals surface area contributed by atoms with E-state index in [9.17, 15) is 36.1 Å². The predicted octanol–water partition coefficient (Wildman–Crippen LogP) is 7.28. The van der Waals surface area contributed by atoms with E-state index in [-0.39, 0.29) is 29.5 Å². The largest absolute Gasteiger partial charge is 0.748 e. The Balaban J connectivity index is 1.50. The molecule has 0 N–H and O–H groups in total. The maximum absolute atomic E-state index is 12.0. The Bertz CT molecular complexity index is 2410. The molecule has 1 aliphatic carbocycles. The summed E-state index contributed by atoms with van der Waals surface area (Å²) in [5.41, 5.74) is 4.27. The Kier molecular flexibility index (Phi) is 12.7. The number of nitro benzene ring substituents is 1. The van der Waals surface area contributed by atoms with Gasteiger partial charge in [-0.3, -0.25) is 10.1 Å². The first kappa shape index (κ1) is 41.3. The number of allylic oxidation sites excluding steroid dienone is 5. The number of fused-ring (bicyclic) bond motifs is 2. The van der Waals surface area contributed by atoms with Crippen molar-refractivity contribution >= 4 is 37.7 Å². The molecule has 1 atom stereocenters. The maximum Gasteiger partial charge on any atom is 0.269 e. The smallest absolute Gasteiger partial charge is 0.269 e. The van der Waals surface area contributed by atoms with Gasteiger partial charge < -0.3 is 18.4 Å². The third kappa shape index (κ3) is 9.68. The summed E-state index contributed by atoms with van der Waals surface area (Å²) in [7, 11) is -9.16. The summed E-state index contributed by atoms with van der Waals surface area (Å²) in [5.74, 6) is 1.09. The zero-order valence-corrected chi connectivity index (χ0v) is 33.2. The van der Waals surface area contributed by atoms with Crippen LogP contribution in [0.15, 0.2) is 106 Å². The molecule has 0 saturated carbocycles. The lowest BCUT2D eigenvalue weighted by molar-refractivity contribution is -0.384. The normalized spacial score (nSPS) is 17.6. The second-order valence-corrected chi connectivity index (χ2v) is 17.1. The van der Waals surface area contributed by atoms with Crippen LogP contribution in [0.2, 0.25) is 0 Å². The first-order valence-electron chi connectivity index (χ1n) is 18.2. The fraction of sp³-hybridized carbons (Fsp3) is 0.341. The third-order valence-corrected chi connectivity index (χ3v) is 11.5. The minimum atomic E-state index is -4.72. The number of anilines is 1. The molecule has 1 unspecified atom stereocenters. The average molecular weight is 789 g/mol. The van der Waals surface area contributed by atoms with Gasteiger partial charge in [0.25, 0.3) is 5.69 Å². The second kappa shape index (κ2) is 16.9. The molecule has 12 nitrogen and oxygen atoms in total. The van der Waals surface area contributed by atoms with Crippen molar-refractivity contribution in [2.45, 2.75) is 76.7 Å². The van der Waals surface area contributed by atoms with Gasteiger partial charge in [-0.15, -0.1) is 0 Å². The molecule has 0 spiro atoms. The van der Waals surface area contributed by atoms with Gasteiger partial charge in [-0.2, -0.15) is 0 Å². The molecule has 3 aliphatic rings. The highest BCUT2D eigenvalue weighted by atomic mass is 32.2. The molecule has 5 rings (SSSR count). The fourth-order valence-electron chi connectivity index (χ4n) is 7.13. The molecular weight excluding hydrogens is 743 g/mol. The van der Waals surface area contributed by atoms with Gasteiger partial charge in [0.15, 0.2) is 6.54 Å². The molecule has 2 aromatic carbocycles. The first-order chi connectivity index (χ1) is 25.9. The minimum absolute atomic E-state index is 0.0483. The van der Waals surface area contributed by atoms with Crippen molar-refractivity contribution < 1.29 is 35.3 Å². The van der Waals surface area contributed by atoms with E-state index >= 15 is 0 Å². The summed E-state index contributed by atoms with van der Waals surface area (Å²) in [6.45, 7) is 11.6. The van der Waals surface area contributed by atoms with E-state index in [1.165, 1.54) is 24.3 Å². The molecule has 0 radical (unpaired) electrons. The summed E-state index contributed by atoms with van der Waals surface area (Å²) >= 11 is 0. The molecule has 2 aliphatic heterocycles. The van der Waals surface area contributed by atoms with E-state index < -0.39 is 36.3 Å². The number of benzene rings is 3. The molecule has 55 heavy (non-hydrogen) atoms. The third-order valence-electron chi connectivity index (χ3n) is 9.91. The van der Waals surface area contributed by atoms with E-state index in [1.54, 1.807) is 18.2 Å². The molecule has 0 bridgehead atoms. The fourth-order valence-corrected chi connectivity index (χ4v) is 8.11. The lowest BCUT2D eigenvalue weighted by Crippen LogP contribution is -2.30. The van der Waals surface area contributed by atoms with Crippen LogP contribution < -0.4 is 14.8 Å². The van der Waals surface area contributed by atoms with Crippen LogP contribution in [0.4, 0.5) is 11.4 Å². The predicted molar refractivity (Wildman–Crippen MR) is 211 cm³/mol. The van der Waals surface area contributed by atoms with Crippen molar-refractivity contribution in [3.05, 3.63) is 135 Å². The molecule has 292 valence electrons. The molecular formula is C41H46N3O9S2-. The standard InChI is InChI=1S/C41H47N3O9S2/c1-6-22-41(5)36-27-34(55(50,51)52)19-21-37(36)43(23-11-24-54(47,48)49)40(41)13-10-8-9-12-31-25-38(29(3)4)53-39-26-33(18-20-35(31)39)42(7-2)28-30-14-16-32(17-15-30)44(45)46/h8-10,12-21,25-27,29H,6-7,11,22-24,28H2,1-5H3,(H-,47,48,49,50,51,52)/p-1. The maximum atomic E-state index is 12.0. The summed E-state index contributed by atoms with van der Waals surface area (Å²) < 4.78 is 78.8. The summed E-state index contributed by atoms with van der Waals surface area (Å²) in [6.07, 6.45) is 11.0. The van der Waals surface area contributed by atoms with Crippen molar-refractivity contribution in [2.24, 2.45) is 0 Å². The quantitative estimate of drug-likeness (QED) is 0.0391. The highest BCUT2D eigenvalue weighted by Gasteiger charge is 2.43.